The van der Waals surface area contributed by atoms with Gasteiger partial charge in [-0.15, -0.1) is 0 Å². The number of halogens is 1. The standard InChI is InChI=1S/C15H22ClN3/c16-13-4-5-15(17-12-13)19-10-6-14(7-11-19)18-8-2-1-3-9-18/h4-5,12,14H,1-3,6-11H2. The molecule has 0 bridgehead atoms. The third-order valence-corrected chi connectivity index (χ3v) is 4.63. The lowest BCUT2D eigenvalue weighted by Crippen LogP contribution is -2.46. The van der Waals surface area contributed by atoms with Crippen LogP contribution >= 0.6 is 11.6 Å². The maximum atomic E-state index is 5.89. The number of likely N-dealkylation sites (tertiary alicyclic amines) is 1. The number of anilines is 1. The quantitative estimate of drug-likeness (QED) is 0.829. The average Bonchev–Trinajstić information content (AvgIpc) is 2.49. The van der Waals surface area contributed by atoms with E-state index in [2.05, 4.69) is 14.8 Å². The van der Waals surface area contributed by atoms with Gasteiger partial charge in [0.05, 0.1) is 5.02 Å². The van der Waals surface area contributed by atoms with Crippen LogP contribution in [-0.2, 0) is 0 Å². The minimum Gasteiger partial charge on any atom is -0.357 e. The van der Waals surface area contributed by atoms with Crippen LogP contribution in [0.2, 0.25) is 5.02 Å². The first kappa shape index (κ1) is 13.2. The smallest absolute Gasteiger partial charge is 0.128 e. The van der Waals surface area contributed by atoms with Crippen LogP contribution in [0.5, 0.6) is 0 Å². The van der Waals surface area contributed by atoms with Gasteiger partial charge in [-0.25, -0.2) is 4.98 Å². The molecule has 0 radical (unpaired) electrons. The first-order chi connectivity index (χ1) is 9.33. The molecule has 3 heterocycles. The normalized spacial score (nSPS) is 22.7. The van der Waals surface area contributed by atoms with Gasteiger partial charge >= 0.3 is 0 Å². The summed E-state index contributed by atoms with van der Waals surface area (Å²) >= 11 is 5.89. The number of pyridine rings is 1. The molecular weight excluding hydrogens is 258 g/mol. The van der Waals surface area contributed by atoms with Gasteiger partial charge < -0.3 is 9.80 Å². The highest BCUT2D eigenvalue weighted by Gasteiger charge is 2.25. The van der Waals surface area contributed by atoms with Crippen LogP contribution in [0.3, 0.4) is 0 Å². The van der Waals surface area contributed by atoms with Gasteiger partial charge in [0.15, 0.2) is 0 Å². The Kier molecular flexibility index (Phi) is 4.24. The maximum absolute atomic E-state index is 5.89. The van der Waals surface area contributed by atoms with Gasteiger partial charge in [0.1, 0.15) is 5.82 Å². The van der Waals surface area contributed by atoms with Crippen molar-refractivity contribution in [2.24, 2.45) is 0 Å². The summed E-state index contributed by atoms with van der Waals surface area (Å²) in [4.78, 5) is 9.51. The van der Waals surface area contributed by atoms with Crippen molar-refractivity contribution in [1.82, 2.24) is 9.88 Å². The lowest BCUT2D eigenvalue weighted by Gasteiger charge is -2.40. The van der Waals surface area contributed by atoms with Gasteiger partial charge in [0.2, 0.25) is 0 Å². The van der Waals surface area contributed by atoms with E-state index in [0.29, 0.717) is 5.02 Å². The predicted octanol–water partition coefficient (Wildman–Crippen LogP) is 3.19. The highest BCUT2D eigenvalue weighted by molar-refractivity contribution is 6.30. The minimum absolute atomic E-state index is 0.715. The van der Waals surface area contributed by atoms with Gasteiger partial charge in [-0.2, -0.15) is 0 Å². The van der Waals surface area contributed by atoms with E-state index in [1.54, 1.807) is 6.20 Å². The summed E-state index contributed by atoms with van der Waals surface area (Å²) in [7, 11) is 0. The van der Waals surface area contributed by atoms with Crippen molar-refractivity contribution in [1.29, 1.82) is 0 Å². The molecule has 2 fully saturated rings. The largest absolute Gasteiger partial charge is 0.357 e. The molecule has 4 heteroatoms. The maximum Gasteiger partial charge on any atom is 0.128 e. The van der Waals surface area contributed by atoms with Crippen LogP contribution < -0.4 is 4.90 Å². The van der Waals surface area contributed by atoms with E-state index in [9.17, 15) is 0 Å². The molecule has 0 spiro atoms. The van der Waals surface area contributed by atoms with Crippen molar-refractivity contribution >= 4 is 17.4 Å². The van der Waals surface area contributed by atoms with E-state index in [1.807, 2.05) is 12.1 Å². The molecule has 2 aliphatic rings. The van der Waals surface area contributed by atoms with E-state index < -0.39 is 0 Å². The second-order valence-corrected chi connectivity index (χ2v) is 6.09. The van der Waals surface area contributed by atoms with Crippen LogP contribution in [0.15, 0.2) is 18.3 Å². The topological polar surface area (TPSA) is 19.4 Å². The molecule has 3 nitrogen and oxygen atoms in total. The molecule has 2 saturated heterocycles. The first-order valence-electron chi connectivity index (χ1n) is 7.43. The molecule has 3 rings (SSSR count). The summed E-state index contributed by atoms with van der Waals surface area (Å²) in [5.74, 6) is 1.07. The zero-order valence-electron chi connectivity index (χ0n) is 11.4. The number of piperidine rings is 2. The van der Waals surface area contributed by atoms with Gasteiger partial charge in [0.25, 0.3) is 0 Å². The number of nitrogens with zero attached hydrogens (tertiary/aromatic N) is 3. The summed E-state index contributed by atoms with van der Waals surface area (Å²) in [5.41, 5.74) is 0. The number of rotatable bonds is 2. The summed E-state index contributed by atoms with van der Waals surface area (Å²) in [6.07, 6.45) is 8.48. The van der Waals surface area contributed by atoms with E-state index in [-0.39, 0.29) is 0 Å². The zero-order chi connectivity index (χ0) is 13.1. The molecule has 0 unspecified atom stereocenters. The second kappa shape index (κ2) is 6.10. The van der Waals surface area contributed by atoms with Crippen LogP contribution in [0.4, 0.5) is 5.82 Å². The molecule has 1 aromatic rings. The molecule has 19 heavy (non-hydrogen) atoms. The van der Waals surface area contributed by atoms with E-state index >= 15 is 0 Å². The minimum atomic E-state index is 0.715. The molecule has 104 valence electrons. The van der Waals surface area contributed by atoms with E-state index in [4.69, 9.17) is 11.6 Å². The Hall–Kier alpha value is -0.800. The van der Waals surface area contributed by atoms with Crippen molar-refractivity contribution < 1.29 is 0 Å². The Labute approximate surface area is 120 Å². The monoisotopic (exact) mass is 279 g/mol. The van der Waals surface area contributed by atoms with Crippen LogP contribution in [-0.4, -0.2) is 42.1 Å². The van der Waals surface area contributed by atoms with E-state index in [1.165, 1.54) is 45.2 Å². The van der Waals surface area contributed by atoms with Gasteiger partial charge in [-0.1, -0.05) is 18.0 Å². The zero-order valence-corrected chi connectivity index (χ0v) is 12.1. The summed E-state index contributed by atoms with van der Waals surface area (Å²) < 4.78 is 0. The van der Waals surface area contributed by atoms with E-state index in [0.717, 1.165) is 24.9 Å². The Morgan fingerprint density at radius 2 is 1.74 bits per heavy atom. The SMILES string of the molecule is Clc1ccc(N2CCC(N3CCCCC3)CC2)nc1. The fraction of sp³-hybridized carbons (Fsp3) is 0.667. The van der Waals surface area contributed by atoms with Gasteiger partial charge in [-0.05, 0) is 50.9 Å². The van der Waals surface area contributed by atoms with Crippen LogP contribution in [0, 0.1) is 0 Å². The van der Waals surface area contributed by atoms with Gasteiger partial charge in [0, 0.05) is 25.3 Å². The van der Waals surface area contributed by atoms with Crippen molar-refractivity contribution in [2.45, 2.75) is 38.1 Å². The molecule has 0 amide bonds. The molecule has 0 aliphatic carbocycles. The first-order valence-corrected chi connectivity index (χ1v) is 7.81. The third-order valence-electron chi connectivity index (χ3n) is 4.41. The van der Waals surface area contributed by atoms with Crippen molar-refractivity contribution in [3.05, 3.63) is 23.4 Å². The third kappa shape index (κ3) is 3.21. The van der Waals surface area contributed by atoms with Crippen molar-refractivity contribution in [2.75, 3.05) is 31.1 Å². The Morgan fingerprint density at radius 3 is 2.37 bits per heavy atom. The molecule has 1 aromatic heterocycles. The molecule has 0 N–H and O–H groups in total. The second-order valence-electron chi connectivity index (χ2n) is 5.65. The van der Waals surface area contributed by atoms with Crippen LogP contribution in [0.1, 0.15) is 32.1 Å². The summed E-state index contributed by atoms with van der Waals surface area (Å²) in [5, 5.41) is 0.715. The Balaban J connectivity index is 1.55. The molecule has 0 atom stereocenters. The highest BCUT2D eigenvalue weighted by atomic mass is 35.5. The highest BCUT2D eigenvalue weighted by Crippen LogP contribution is 2.24. The summed E-state index contributed by atoms with van der Waals surface area (Å²) in [6, 6.07) is 4.76. The number of aromatic nitrogens is 1. The number of hydrogen-bond donors (Lipinski definition) is 0. The lowest BCUT2D eigenvalue weighted by atomic mass is 10.00. The summed E-state index contributed by atoms with van der Waals surface area (Å²) in [6.45, 7) is 4.86. The molecule has 2 aliphatic heterocycles. The lowest BCUT2D eigenvalue weighted by molar-refractivity contribution is 0.141. The van der Waals surface area contributed by atoms with Crippen LogP contribution in [0.25, 0.3) is 0 Å². The molecule has 0 aromatic carbocycles. The molecule has 0 saturated carbocycles. The van der Waals surface area contributed by atoms with Gasteiger partial charge in [-0.3, -0.25) is 0 Å². The predicted molar refractivity (Wildman–Crippen MR) is 79.9 cm³/mol. The Morgan fingerprint density at radius 1 is 1.00 bits per heavy atom. The molecular formula is C15H22ClN3. The number of hydrogen-bond acceptors (Lipinski definition) is 3. The van der Waals surface area contributed by atoms with Crippen molar-refractivity contribution in [3.8, 4) is 0 Å². The fourth-order valence-corrected chi connectivity index (χ4v) is 3.41. The average molecular weight is 280 g/mol. The fourth-order valence-electron chi connectivity index (χ4n) is 3.30. The van der Waals surface area contributed by atoms with Crippen molar-refractivity contribution in [3.63, 3.8) is 0 Å². The Bertz CT molecular complexity index is 392.